The Hall–Kier alpha value is -1.64. The van der Waals surface area contributed by atoms with E-state index in [2.05, 4.69) is 16.5 Å². The number of hydrogen-bond donors (Lipinski definition) is 1. The van der Waals surface area contributed by atoms with Crippen molar-refractivity contribution in [3.8, 4) is 5.75 Å². The highest BCUT2D eigenvalue weighted by molar-refractivity contribution is 7.89. The molecular formula is C23H37N3O4S. The van der Waals surface area contributed by atoms with Crippen LogP contribution in [0.1, 0.15) is 68.6 Å². The van der Waals surface area contributed by atoms with Gasteiger partial charge in [-0.05, 0) is 76.2 Å². The minimum absolute atomic E-state index is 0.109. The molecule has 2 aliphatic heterocycles. The number of nitrogens with zero attached hydrogens (tertiary/aromatic N) is 2. The van der Waals surface area contributed by atoms with Crippen molar-refractivity contribution in [3.05, 3.63) is 23.8 Å². The summed E-state index contributed by atoms with van der Waals surface area (Å²) in [6.45, 7) is 6.02. The first-order valence-corrected chi connectivity index (χ1v) is 13.2. The molecule has 1 aromatic rings. The average molecular weight is 452 g/mol. The molecule has 0 spiro atoms. The molecule has 31 heavy (non-hydrogen) atoms. The number of carbonyl (C=O) groups excluding carboxylic acids is 1. The molecule has 1 atom stereocenters. The summed E-state index contributed by atoms with van der Waals surface area (Å²) in [5.41, 5.74) is 0.311. The summed E-state index contributed by atoms with van der Waals surface area (Å²) in [6.07, 6.45) is 8.74. The van der Waals surface area contributed by atoms with Crippen LogP contribution in [0.4, 0.5) is 0 Å². The highest BCUT2D eigenvalue weighted by Crippen LogP contribution is 2.25. The molecule has 7 nitrogen and oxygen atoms in total. The average Bonchev–Trinajstić information content (AvgIpc) is 2.81. The van der Waals surface area contributed by atoms with Gasteiger partial charge in [0.2, 0.25) is 10.0 Å². The second-order valence-corrected chi connectivity index (χ2v) is 10.3. The van der Waals surface area contributed by atoms with E-state index >= 15 is 0 Å². The molecule has 174 valence electrons. The Bertz CT molecular complexity index is 837. The summed E-state index contributed by atoms with van der Waals surface area (Å²) < 4.78 is 33.8. The lowest BCUT2D eigenvalue weighted by atomic mass is 10.00. The normalized spacial score (nSPS) is 20.6. The van der Waals surface area contributed by atoms with E-state index in [1.54, 1.807) is 11.0 Å². The number of amides is 1. The van der Waals surface area contributed by atoms with Crippen molar-refractivity contribution >= 4 is 15.9 Å². The predicted molar refractivity (Wildman–Crippen MR) is 122 cm³/mol. The largest absolute Gasteiger partial charge is 0.496 e. The van der Waals surface area contributed by atoms with Gasteiger partial charge in [0.05, 0.1) is 17.6 Å². The molecule has 0 aromatic heterocycles. The van der Waals surface area contributed by atoms with E-state index in [0.29, 0.717) is 37.0 Å². The van der Waals surface area contributed by atoms with Gasteiger partial charge in [0.1, 0.15) is 5.75 Å². The number of likely N-dealkylation sites (tertiary alicyclic amines) is 2. The molecule has 3 rings (SSSR count). The molecule has 2 heterocycles. The van der Waals surface area contributed by atoms with Gasteiger partial charge in [0.15, 0.2) is 0 Å². The molecule has 8 heteroatoms. The van der Waals surface area contributed by atoms with E-state index in [-0.39, 0.29) is 10.8 Å². The number of benzene rings is 1. The smallest absolute Gasteiger partial charge is 0.257 e. The van der Waals surface area contributed by atoms with Crippen LogP contribution in [-0.4, -0.2) is 70.0 Å². The molecule has 1 N–H and O–H groups in total. The van der Waals surface area contributed by atoms with E-state index in [0.717, 1.165) is 45.2 Å². The highest BCUT2D eigenvalue weighted by atomic mass is 32.2. The van der Waals surface area contributed by atoms with Crippen LogP contribution in [0.5, 0.6) is 5.75 Å². The summed E-state index contributed by atoms with van der Waals surface area (Å²) in [7, 11) is -2.19. The fourth-order valence-electron chi connectivity index (χ4n) is 4.68. The topological polar surface area (TPSA) is 79.0 Å². The second-order valence-electron chi connectivity index (χ2n) is 8.56. The third-order valence-corrected chi connectivity index (χ3v) is 7.95. The van der Waals surface area contributed by atoms with Crippen molar-refractivity contribution in [2.75, 3.05) is 39.8 Å². The van der Waals surface area contributed by atoms with Crippen LogP contribution >= 0.6 is 0 Å². The fourth-order valence-corrected chi connectivity index (χ4v) is 5.78. The Morgan fingerprint density at radius 1 is 1.13 bits per heavy atom. The number of carbonyl (C=O) groups is 1. The summed E-state index contributed by atoms with van der Waals surface area (Å²) in [5.74, 6) is 0.245. The van der Waals surface area contributed by atoms with E-state index in [1.165, 1.54) is 38.5 Å². The number of nitrogens with one attached hydrogen (secondary N) is 1. The zero-order chi connectivity index (χ0) is 22.3. The fraction of sp³-hybridized carbons (Fsp3) is 0.696. The van der Waals surface area contributed by atoms with Crippen LogP contribution in [0, 0.1) is 0 Å². The minimum atomic E-state index is -3.69. The van der Waals surface area contributed by atoms with Gasteiger partial charge in [-0.25, -0.2) is 13.1 Å². The first kappa shape index (κ1) is 24.0. The van der Waals surface area contributed by atoms with Gasteiger partial charge in [0.25, 0.3) is 5.91 Å². The third kappa shape index (κ3) is 6.20. The molecule has 2 fully saturated rings. The number of hydrogen-bond acceptors (Lipinski definition) is 5. The van der Waals surface area contributed by atoms with Crippen molar-refractivity contribution in [1.82, 2.24) is 14.5 Å². The number of sulfonamides is 1. The molecule has 0 bridgehead atoms. The van der Waals surface area contributed by atoms with Gasteiger partial charge >= 0.3 is 0 Å². The molecule has 0 aliphatic carbocycles. The highest BCUT2D eigenvalue weighted by Gasteiger charge is 2.25. The Morgan fingerprint density at radius 3 is 2.58 bits per heavy atom. The molecule has 1 aromatic carbocycles. The Labute approximate surface area is 187 Å². The van der Waals surface area contributed by atoms with Crippen LogP contribution in [0.3, 0.4) is 0 Å². The number of piperidine rings is 2. The zero-order valence-electron chi connectivity index (χ0n) is 18.9. The van der Waals surface area contributed by atoms with Crippen LogP contribution < -0.4 is 9.46 Å². The van der Waals surface area contributed by atoms with Gasteiger partial charge in [0, 0.05) is 25.7 Å². The van der Waals surface area contributed by atoms with Gasteiger partial charge in [-0.1, -0.05) is 13.3 Å². The number of ether oxygens (including phenoxy) is 1. The van der Waals surface area contributed by atoms with Gasteiger partial charge in [-0.3, -0.25) is 4.79 Å². The summed E-state index contributed by atoms with van der Waals surface area (Å²) in [4.78, 5) is 17.4. The lowest BCUT2D eigenvalue weighted by molar-refractivity contribution is 0.0720. The summed E-state index contributed by atoms with van der Waals surface area (Å²) in [6, 6.07) is 5.16. The van der Waals surface area contributed by atoms with Crippen molar-refractivity contribution < 1.29 is 17.9 Å². The first-order chi connectivity index (χ1) is 15.0. The van der Waals surface area contributed by atoms with Crippen LogP contribution in [0.25, 0.3) is 0 Å². The molecule has 2 saturated heterocycles. The monoisotopic (exact) mass is 451 g/mol. The van der Waals surface area contributed by atoms with Crippen molar-refractivity contribution in [3.63, 3.8) is 0 Å². The van der Waals surface area contributed by atoms with Crippen molar-refractivity contribution in [2.24, 2.45) is 0 Å². The number of methoxy groups -OCH3 is 1. The maximum Gasteiger partial charge on any atom is 0.257 e. The minimum Gasteiger partial charge on any atom is -0.496 e. The Balaban J connectivity index is 1.63. The van der Waals surface area contributed by atoms with Crippen molar-refractivity contribution in [2.45, 2.75) is 69.2 Å². The SMILES string of the molecule is CC[C@H]1CCCCN1CCCNS(=O)(=O)c1ccc(OC)c(C(=O)N2CCCCC2)c1. The Morgan fingerprint density at radius 2 is 1.87 bits per heavy atom. The van der Waals surface area contributed by atoms with Crippen LogP contribution in [0.15, 0.2) is 23.1 Å². The molecule has 2 aliphatic rings. The summed E-state index contributed by atoms with van der Waals surface area (Å²) in [5, 5.41) is 0. The molecule has 0 unspecified atom stereocenters. The molecule has 1 amide bonds. The first-order valence-electron chi connectivity index (χ1n) is 11.7. The van der Waals surface area contributed by atoms with Gasteiger partial charge < -0.3 is 14.5 Å². The number of rotatable bonds is 9. The quantitative estimate of drug-likeness (QED) is 0.583. The van der Waals surface area contributed by atoms with E-state index in [9.17, 15) is 13.2 Å². The lowest BCUT2D eigenvalue weighted by Gasteiger charge is -2.35. The second kappa shape index (κ2) is 11.3. The van der Waals surface area contributed by atoms with E-state index in [4.69, 9.17) is 4.74 Å². The van der Waals surface area contributed by atoms with Crippen LogP contribution in [0.2, 0.25) is 0 Å². The maximum absolute atomic E-state index is 13.0. The van der Waals surface area contributed by atoms with Crippen molar-refractivity contribution in [1.29, 1.82) is 0 Å². The van der Waals surface area contributed by atoms with Gasteiger partial charge in [-0.15, -0.1) is 0 Å². The zero-order valence-corrected chi connectivity index (χ0v) is 19.8. The van der Waals surface area contributed by atoms with Crippen LogP contribution in [-0.2, 0) is 10.0 Å². The molecular weight excluding hydrogens is 414 g/mol. The standard InChI is InChI=1S/C23H37N3O4S/c1-3-19-10-5-8-14-25(19)17-9-13-24-31(28,29)20-11-12-22(30-2)21(18-20)23(27)26-15-6-4-7-16-26/h11-12,18-19,24H,3-10,13-17H2,1-2H3/t19-/m0/s1. The van der Waals surface area contributed by atoms with E-state index in [1.807, 2.05) is 0 Å². The summed E-state index contributed by atoms with van der Waals surface area (Å²) >= 11 is 0. The third-order valence-electron chi connectivity index (χ3n) is 6.49. The lowest BCUT2D eigenvalue weighted by Crippen LogP contribution is -2.40. The maximum atomic E-state index is 13.0. The molecule has 0 saturated carbocycles. The van der Waals surface area contributed by atoms with Gasteiger partial charge in [-0.2, -0.15) is 0 Å². The predicted octanol–water partition coefficient (Wildman–Crippen LogP) is 3.25. The molecule has 0 radical (unpaired) electrons. The van der Waals surface area contributed by atoms with E-state index < -0.39 is 10.0 Å². The Kier molecular flexibility index (Phi) is 8.75.